The molecule has 0 bridgehead atoms. The first-order valence-electron chi connectivity index (χ1n) is 5.55. The molecule has 0 saturated carbocycles. The zero-order valence-electron chi connectivity index (χ0n) is 10.7. The van der Waals surface area contributed by atoms with Crippen LogP contribution in [0, 0.1) is 20.8 Å². The Kier molecular flexibility index (Phi) is 3.46. The minimum atomic E-state index is -0.602. The first kappa shape index (κ1) is 13.0. The third-order valence-corrected chi connectivity index (χ3v) is 2.43. The minimum Gasteiger partial charge on any atom is -0.452 e. The number of ether oxygens (including phenoxy) is 1. The monoisotopic (exact) mass is 264 g/mol. The molecular weight excluding hydrogens is 252 g/mol. The van der Waals surface area contributed by atoms with Gasteiger partial charge in [0.1, 0.15) is 11.3 Å². The Morgan fingerprint density at radius 3 is 2.68 bits per heavy atom. The van der Waals surface area contributed by atoms with Crippen molar-refractivity contribution in [3.05, 3.63) is 45.1 Å². The summed E-state index contributed by atoms with van der Waals surface area (Å²) in [6.45, 7) is 4.70. The second-order valence-electron chi connectivity index (χ2n) is 3.99. The van der Waals surface area contributed by atoms with Crippen LogP contribution in [0.3, 0.4) is 0 Å². The van der Waals surface area contributed by atoms with Gasteiger partial charge in [-0.25, -0.2) is 9.59 Å². The SMILES string of the molecule is Cc1noc(COC(=O)c2c(C)cc(=O)oc2C)n1. The normalized spacial score (nSPS) is 10.5. The predicted octanol–water partition coefficient (Wildman–Crippen LogP) is 1.31. The molecule has 0 unspecified atom stereocenters. The number of nitrogens with zero attached hydrogens (tertiary/aromatic N) is 2. The van der Waals surface area contributed by atoms with Crippen molar-refractivity contribution in [1.82, 2.24) is 10.1 Å². The molecule has 0 aliphatic rings. The number of carbonyl (C=O) groups excluding carboxylic acids is 1. The zero-order chi connectivity index (χ0) is 14.0. The number of hydrogen-bond acceptors (Lipinski definition) is 7. The zero-order valence-corrected chi connectivity index (χ0v) is 10.7. The average molecular weight is 264 g/mol. The minimum absolute atomic E-state index is 0.127. The van der Waals surface area contributed by atoms with Crippen molar-refractivity contribution >= 4 is 5.97 Å². The van der Waals surface area contributed by atoms with Crippen LogP contribution in [0.4, 0.5) is 0 Å². The van der Waals surface area contributed by atoms with Crippen LogP contribution in [0.1, 0.15) is 33.4 Å². The summed E-state index contributed by atoms with van der Waals surface area (Å²) in [6, 6.07) is 1.24. The lowest BCUT2D eigenvalue weighted by atomic mass is 10.1. The third-order valence-electron chi connectivity index (χ3n) is 2.43. The maximum atomic E-state index is 11.9. The number of aryl methyl sites for hydroxylation is 3. The molecule has 2 rings (SSSR count). The molecule has 0 atom stereocenters. The van der Waals surface area contributed by atoms with E-state index < -0.39 is 11.6 Å². The first-order chi connectivity index (χ1) is 8.97. The molecule has 2 aromatic rings. The second kappa shape index (κ2) is 5.05. The van der Waals surface area contributed by atoms with Crippen LogP contribution in [0.5, 0.6) is 0 Å². The van der Waals surface area contributed by atoms with E-state index in [4.69, 9.17) is 13.7 Å². The Morgan fingerprint density at radius 2 is 2.11 bits per heavy atom. The third kappa shape index (κ3) is 2.87. The van der Waals surface area contributed by atoms with Gasteiger partial charge in [-0.1, -0.05) is 5.16 Å². The van der Waals surface area contributed by atoms with E-state index in [1.54, 1.807) is 13.8 Å². The van der Waals surface area contributed by atoms with Crippen LogP contribution >= 0.6 is 0 Å². The molecule has 0 amide bonds. The maximum Gasteiger partial charge on any atom is 0.342 e. The summed E-state index contributed by atoms with van der Waals surface area (Å²) in [4.78, 5) is 26.9. The van der Waals surface area contributed by atoms with Crippen LogP contribution < -0.4 is 5.63 Å². The molecule has 0 aliphatic heterocycles. The number of aromatic nitrogens is 2. The van der Waals surface area contributed by atoms with Gasteiger partial charge in [-0.2, -0.15) is 4.98 Å². The molecule has 0 saturated heterocycles. The van der Waals surface area contributed by atoms with E-state index in [0.717, 1.165) is 0 Å². The topological polar surface area (TPSA) is 95.4 Å². The lowest BCUT2D eigenvalue weighted by molar-refractivity contribution is 0.0424. The highest BCUT2D eigenvalue weighted by molar-refractivity contribution is 5.91. The van der Waals surface area contributed by atoms with Gasteiger partial charge in [-0.3, -0.25) is 0 Å². The highest BCUT2D eigenvalue weighted by atomic mass is 16.6. The molecule has 0 spiro atoms. The van der Waals surface area contributed by atoms with Crippen molar-refractivity contribution in [1.29, 1.82) is 0 Å². The van der Waals surface area contributed by atoms with Crippen LogP contribution in [-0.4, -0.2) is 16.1 Å². The molecule has 2 heterocycles. The van der Waals surface area contributed by atoms with Crippen molar-refractivity contribution in [3.8, 4) is 0 Å². The van der Waals surface area contributed by atoms with Crippen molar-refractivity contribution in [2.75, 3.05) is 0 Å². The molecule has 0 aromatic carbocycles. The summed E-state index contributed by atoms with van der Waals surface area (Å²) in [7, 11) is 0. The highest BCUT2D eigenvalue weighted by Gasteiger charge is 2.17. The molecule has 2 aromatic heterocycles. The van der Waals surface area contributed by atoms with Gasteiger partial charge in [-0.05, 0) is 26.3 Å². The van der Waals surface area contributed by atoms with Gasteiger partial charge in [0.05, 0.1) is 0 Å². The molecule has 7 nitrogen and oxygen atoms in total. The van der Waals surface area contributed by atoms with Gasteiger partial charge in [0.2, 0.25) is 0 Å². The summed E-state index contributed by atoms with van der Waals surface area (Å²) < 4.78 is 14.7. The van der Waals surface area contributed by atoms with Gasteiger partial charge < -0.3 is 13.7 Å². The quantitative estimate of drug-likeness (QED) is 0.771. The smallest absolute Gasteiger partial charge is 0.342 e. The lowest BCUT2D eigenvalue weighted by Crippen LogP contribution is -2.12. The standard InChI is InChI=1S/C12H12N2O5/c1-6-4-10(15)18-7(2)11(6)12(16)17-5-9-13-8(3)14-19-9/h4H,5H2,1-3H3. The van der Waals surface area contributed by atoms with Crippen LogP contribution in [0.25, 0.3) is 0 Å². The lowest BCUT2D eigenvalue weighted by Gasteiger charge is -2.06. The van der Waals surface area contributed by atoms with Gasteiger partial charge in [0.25, 0.3) is 5.89 Å². The van der Waals surface area contributed by atoms with E-state index >= 15 is 0 Å². The van der Waals surface area contributed by atoms with E-state index in [0.29, 0.717) is 11.4 Å². The molecule has 100 valence electrons. The van der Waals surface area contributed by atoms with Crippen LogP contribution in [0.15, 0.2) is 19.8 Å². The highest BCUT2D eigenvalue weighted by Crippen LogP contribution is 2.13. The van der Waals surface area contributed by atoms with E-state index in [1.165, 1.54) is 13.0 Å². The van der Waals surface area contributed by atoms with Crippen LogP contribution in [-0.2, 0) is 11.3 Å². The number of rotatable bonds is 3. The summed E-state index contributed by atoms with van der Waals surface area (Å²) in [5.41, 5.74) is 0.232. The van der Waals surface area contributed by atoms with Crippen molar-refractivity contribution in [3.63, 3.8) is 0 Å². The fourth-order valence-electron chi connectivity index (χ4n) is 1.66. The summed E-state index contributed by atoms with van der Waals surface area (Å²) in [5, 5.41) is 3.58. The molecule has 0 aliphatic carbocycles. The fraction of sp³-hybridized carbons (Fsp3) is 0.333. The van der Waals surface area contributed by atoms with Crippen molar-refractivity contribution in [2.45, 2.75) is 27.4 Å². The number of esters is 1. The van der Waals surface area contributed by atoms with E-state index in [1.807, 2.05) is 0 Å². The Bertz CT molecular complexity index is 645. The molecule has 19 heavy (non-hydrogen) atoms. The summed E-state index contributed by atoms with van der Waals surface area (Å²) in [5.74, 6) is 0.286. The van der Waals surface area contributed by atoms with E-state index in [2.05, 4.69) is 10.1 Å². The average Bonchev–Trinajstić information content (AvgIpc) is 2.71. The molecule has 0 radical (unpaired) electrons. The Balaban J connectivity index is 2.14. The Hall–Kier alpha value is -2.44. The van der Waals surface area contributed by atoms with Crippen molar-refractivity contribution in [2.24, 2.45) is 0 Å². The van der Waals surface area contributed by atoms with Gasteiger partial charge in [-0.15, -0.1) is 0 Å². The number of hydrogen-bond donors (Lipinski definition) is 0. The Labute approximate surface area is 108 Å². The van der Waals surface area contributed by atoms with Gasteiger partial charge in [0.15, 0.2) is 12.4 Å². The summed E-state index contributed by atoms with van der Waals surface area (Å²) in [6.07, 6.45) is 0. The molecular formula is C12H12N2O5. The predicted molar refractivity (Wildman–Crippen MR) is 62.6 cm³/mol. The van der Waals surface area contributed by atoms with E-state index in [9.17, 15) is 9.59 Å². The molecule has 7 heteroatoms. The summed E-state index contributed by atoms with van der Waals surface area (Å²) >= 11 is 0. The molecule has 0 N–H and O–H groups in total. The van der Waals surface area contributed by atoms with Gasteiger partial charge >= 0.3 is 11.6 Å². The maximum absolute atomic E-state index is 11.9. The van der Waals surface area contributed by atoms with E-state index in [-0.39, 0.29) is 23.8 Å². The second-order valence-corrected chi connectivity index (χ2v) is 3.99. The van der Waals surface area contributed by atoms with Crippen molar-refractivity contribution < 1.29 is 18.5 Å². The Morgan fingerprint density at radius 1 is 1.37 bits per heavy atom. The van der Waals surface area contributed by atoms with Crippen LogP contribution in [0.2, 0.25) is 0 Å². The van der Waals surface area contributed by atoms with Gasteiger partial charge in [0, 0.05) is 6.07 Å². The fourth-order valence-corrected chi connectivity index (χ4v) is 1.66. The largest absolute Gasteiger partial charge is 0.452 e. The first-order valence-corrected chi connectivity index (χ1v) is 5.55. The molecule has 0 fully saturated rings. The number of carbonyl (C=O) groups is 1.